The smallest absolute Gasteiger partial charge is 0.335 e. The van der Waals surface area contributed by atoms with E-state index in [0.29, 0.717) is 46.7 Å². The van der Waals surface area contributed by atoms with E-state index in [-0.39, 0.29) is 23.8 Å². The van der Waals surface area contributed by atoms with Gasteiger partial charge in [0.05, 0.1) is 18.9 Å². The number of rotatable bonds is 10. The molecule has 3 aromatic carbocycles. The van der Waals surface area contributed by atoms with E-state index >= 15 is 0 Å². The summed E-state index contributed by atoms with van der Waals surface area (Å²) in [5.41, 5.74) is 1.05. The van der Waals surface area contributed by atoms with Crippen LogP contribution in [-0.2, 0) is 14.4 Å². The Morgan fingerprint density at radius 2 is 1.60 bits per heavy atom. The van der Waals surface area contributed by atoms with E-state index in [2.05, 4.69) is 10.6 Å². The zero-order valence-electron chi connectivity index (χ0n) is 21.7. The second kappa shape index (κ2) is 12.8. The SMILES string of the molecule is CCOc1ccc(N2C(=O)NC(=O)/C(=C\c3ccc(OCC(=O)Nc4ccc(Cl)cc4)c(OCC)c3)C2=O)cc1. The molecule has 3 aromatic rings. The first-order chi connectivity index (χ1) is 19.3. The molecule has 1 aliphatic heterocycles. The van der Waals surface area contributed by atoms with Crippen LogP contribution >= 0.6 is 11.6 Å². The number of barbiturate groups is 1. The van der Waals surface area contributed by atoms with Crippen LogP contribution in [0.5, 0.6) is 17.2 Å². The molecular weight excluding hydrogens is 538 g/mol. The van der Waals surface area contributed by atoms with E-state index in [9.17, 15) is 19.2 Å². The third-order valence-electron chi connectivity index (χ3n) is 5.57. The zero-order valence-corrected chi connectivity index (χ0v) is 22.5. The van der Waals surface area contributed by atoms with E-state index in [4.69, 9.17) is 25.8 Å². The number of hydrogen-bond acceptors (Lipinski definition) is 7. The summed E-state index contributed by atoms with van der Waals surface area (Å²) in [5, 5.41) is 5.45. The number of benzene rings is 3. The lowest BCUT2D eigenvalue weighted by Crippen LogP contribution is -2.54. The third-order valence-corrected chi connectivity index (χ3v) is 5.82. The molecule has 1 saturated heterocycles. The fourth-order valence-corrected chi connectivity index (χ4v) is 3.92. The predicted molar refractivity (Wildman–Crippen MR) is 150 cm³/mol. The Morgan fingerprint density at radius 1 is 0.900 bits per heavy atom. The molecule has 0 spiro atoms. The summed E-state index contributed by atoms with van der Waals surface area (Å²) in [5.74, 6) is -0.819. The van der Waals surface area contributed by atoms with Gasteiger partial charge in [0.15, 0.2) is 18.1 Å². The highest BCUT2D eigenvalue weighted by Crippen LogP contribution is 2.31. The average Bonchev–Trinajstić information content (AvgIpc) is 2.93. The molecule has 0 unspecified atom stereocenters. The normalized spacial score (nSPS) is 14.1. The van der Waals surface area contributed by atoms with Gasteiger partial charge in [0.1, 0.15) is 11.3 Å². The Morgan fingerprint density at radius 3 is 2.27 bits per heavy atom. The van der Waals surface area contributed by atoms with Gasteiger partial charge in [0.2, 0.25) is 0 Å². The Bertz CT molecular complexity index is 1450. The van der Waals surface area contributed by atoms with Crippen LogP contribution in [0.25, 0.3) is 6.08 Å². The van der Waals surface area contributed by atoms with Crippen molar-refractivity contribution in [2.75, 3.05) is 30.0 Å². The summed E-state index contributed by atoms with van der Waals surface area (Å²) < 4.78 is 16.7. The van der Waals surface area contributed by atoms with Crippen molar-refractivity contribution in [3.63, 3.8) is 0 Å². The molecule has 0 radical (unpaired) electrons. The first kappa shape index (κ1) is 28.2. The molecule has 1 aliphatic rings. The van der Waals surface area contributed by atoms with E-state index in [1.54, 1.807) is 73.7 Å². The Balaban J connectivity index is 1.51. The molecule has 0 atom stereocenters. The first-order valence-corrected chi connectivity index (χ1v) is 12.8. The minimum absolute atomic E-state index is 0.244. The number of carbonyl (C=O) groups excluding carboxylic acids is 4. The van der Waals surface area contributed by atoms with E-state index in [0.717, 1.165) is 4.90 Å². The largest absolute Gasteiger partial charge is 0.494 e. The number of ether oxygens (including phenoxy) is 3. The number of nitrogens with one attached hydrogen (secondary N) is 2. The number of carbonyl (C=O) groups is 4. The van der Waals surface area contributed by atoms with Crippen LogP contribution in [0.1, 0.15) is 19.4 Å². The molecule has 0 aliphatic carbocycles. The summed E-state index contributed by atoms with van der Waals surface area (Å²) in [7, 11) is 0. The first-order valence-electron chi connectivity index (χ1n) is 12.4. The van der Waals surface area contributed by atoms with Crippen LogP contribution in [0.3, 0.4) is 0 Å². The number of nitrogens with zero attached hydrogens (tertiary/aromatic N) is 1. The maximum Gasteiger partial charge on any atom is 0.335 e. The van der Waals surface area contributed by atoms with Gasteiger partial charge in [-0.3, -0.25) is 19.7 Å². The highest BCUT2D eigenvalue weighted by atomic mass is 35.5. The number of urea groups is 1. The van der Waals surface area contributed by atoms with Gasteiger partial charge < -0.3 is 19.5 Å². The number of imide groups is 2. The fraction of sp³-hybridized carbons (Fsp3) is 0.172. The minimum atomic E-state index is -0.855. The molecule has 2 N–H and O–H groups in total. The zero-order chi connectivity index (χ0) is 28.6. The van der Waals surface area contributed by atoms with E-state index < -0.39 is 17.8 Å². The highest BCUT2D eigenvalue weighted by Gasteiger charge is 2.36. The van der Waals surface area contributed by atoms with Crippen molar-refractivity contribution in [1.82, 2.24) is 5.32 Å². The van der Waals surface area contributed by atoms with Gasteiger partial charge in [-0.15, -0.1) is 0 Å². The van der Waals surface area contributed by atoms with Crippen molar-refractivity contribution in [2.45, 2.75) is 13.8 Å². The topological polar surface area (TPSA) is 123 Å². The monoisotopic (exact) mass is 563 g/mol. The molecule has 11 heteroatoms. The molecule has 5 amide bonds. The van der Waals surface area contributed by atoms with E-state index in [1.807, 2.05) is 6.92 Å². The van der Waals surface area contributed by atoms with Crippen molar-refractivity contribution in [3.8, 4) is 17.2 Å². The van der Waals surface area contributed by atoms with Gasteiger partial charge in [0, 0.05) is 10.7 Å². The van der Waals surface area contributed by atoms with Gasteiger partial charge in [-0.25, -0.2) is 9.69 Å². The van der Waals surface area contributed by atoms with Crippen molar-refractivity contribution in [2.24, 2.45) is 0 Å². The fourth-order valence-electron chi connectivity index (χ4n) is 3.79. The Hall–Kier alpha value is -4.83. The molecule has 1 fully saturated rings. The molecule has 0 bridgehead atoms. The van der Waals surface area contributed by atoms with E-state index in [1.165, 1.54) is 6.08 Å². The number of anilines is 2. The second-order valence-electron chi connectivity index (χ2n) is 8.37. The maximum absolute atomic E-state index is 13.2. The van der Waals surface area contributed by atoms with Crippen LogP contribution in [-0.4, -0.2) is 43.6 Å². The summed E-state index contributed by atoms with van der Waals surface area (Å²) in [6, 6.07) is 16.9. The van der Waals surface area contributed by atoms with Gasteiger partial charge in [-0.1, -0.05) is 17.7 Å². The van der Waals surface area contributed by atoms with Gasteiger partial charge >= 0.3 is 6.03 Å². The summed E-state index contributed by atoms with van der Waals surface area (Å²) in [6.45, 7) is 4.10. The third kappa shape index (κ3) is 6.78. The summed E-state index contributed by atoms with van der Waals surface area (Å²) in [6.07, 6.45) is 1.35. The molecule has 0 saturated carbocycles. The molecular formula is C29H26ClN3O7. The standard InChI is InChI=1S/C29H26ClN3O7/c1-3-38-22-12-10-21(11-13-22)33-28(36)23(27(35)32-29(33)37)15-18-5-14-24(25(16-18)39-4-2)40-17-26(34)31-20-8-6-19(30)7-9-20/h5-16H,3-4,17H2,1-2H3,(H,31,34)(H,32,35,37)/b23-15+. The lowest BCUT2D eigenvalue weighted by atomic mass is 10.1. The number of amides is 5. The quantitative estimate of drug-likeness (QED) is 0.268. The molecule has 10 nitrogen and oxygen atoms in total. The van der Waals surface area contributed by atoms with Crippen molar-refractivity contribution >= 4 is 52.8 Å². The summed E-state index contributed by atoms with van der Waals surface area (Å²) in [4.78, 5) is 51.5. The van der Waals surface area contributed by atoms with Gasteiger partial charge in [-0.2, -0.15) is 0 Å². The average molecular weight is 564 g/mol. The molecule has 4 rings (SSSR count). The Labute approximate surface area is 235 Å². The highest BCUT2D eigenvalue weighted by molar-refractivity contribution is 6.39. The van der Waals surface area contributed by atoms with Crippen LogP contribution in [0.15, 0.2) is 72.3 Å². The number of hydrogen-bond donors (Lipinski definition) is 2. The van der Waals surface area contributed by atoms with Crippen molar-refractivity contribution in [3.05, 3.63) is 82.9 Å². The molecule has 40 heavy (non-hydrogen) atoms. The predicted octanol–water partition coefficient (Wildman–Crippen LogP) is 4.82. The van der Waals surface area contributed by atoms with Crippen LogP contribution < -0.4 is 29.7 Å². The Kier molecular flexibility index (Phi) is 9.03. The van der Waals surface area contributed by atoms with Crippen molar-refractivity contribution in [1.29, 1.82) is 0 Å². The number of halogens is 1. The maximum atomic E-state index is 13.2. The summed E-state index contributed by atoms with van der Waals surface area (Å²) >= 11 is 5.87. The van der Waals surface area contributed by atoms with Gasteiger partial charge in [0.25, 0.3) is 17.7 Å². The van der Waals surface area contributed by atoms with Crippen LogP contribution in [0.4, 0.5) is 16.2 Å². The second-order valence-corrected chi connectivity index (χ2v) is 8.80. The lowest BCUT2D eigenvalue weighted by Gasteiger charge is -2.26. The van der Waals surface area contributed by atoms with Crippen LogP contribution in [0.2, 0.25) is 5.02 Å². The van der Waals surface area contributed by atoms with Crippen LogP contribution in [0, 0.1) is 0 Å². The molecule has 1 heterocycles. The molecule has 0 aromatic heterocycles. The minimum Gasteiger partial charge on any atom is -0.494 e. The van der Waals surface area contributed by atoms with Crippen molar-refractivity contribution < 1.29 is 33.4 Å². The molecule has 206 valence electrons. The lowest BCUT2D eigenvalue weighted by molar-refractivity contribution is -0.122. The van der Waals surface area contributed by atoms with Gasteiger partial charge in [-0.05, 0) is 86.2 Å².